The highest BCUT2D eigenvalue weighted by Gasteiger charge is 2.61. The van der Waals surface area contributed by atoms with Crippen molar-refractivity contribution in [3.8, 4) is 0 Å². The summed E-state index contributed by atoms with van der Waals surface area (Å²) < 4.78 is 12.5. The lowest BCUT2D eigenvalue weighted by atomic mass is 9.57. The van der Waals surface area contributed by atoms with Gasteiger partial charge in [-0.15, -0.1) is 0 Å². The second-order valence-corrected chi connectivity index (χ2v) is 6.67. The van der Waals surface area contributed by atoms with Gasteiger partial charge >= 0.3 is 7.12 Å². The molecule has 0 spiro atoms. The van der Waals surface area contributed by atoms with Crippen LogP contribution >= 0.6 is 0 Å². The quantitative estimate of drug-likeness (QED) is 0.668. The van der Waals surface area contributed by atoms with Gasteiger partial charge in [0, 0.05) is 0 Å². The molecule has 0 unspecified atom stereocenters. The van der Waals surface area contributed by atoms with Crippen LogP contribution in [0.2, 0.25) is 5.82 Å². The van der Waals surface area contributed by atoms with Gasteiger partial charge in [-0.05, 0) is 49.8 Å². The summed E-state index contributed by atoms with van der Waals surface area (Å²) in [7, 11) is 0.0364. The smallest absolute Gasteiger partial charge is 0.405 e. The van der Waals surface area contributed by atoms with Gasteiger partial charge in [-0.2, -0.15) is 0 Å². The van der Waals surface area contributed by atoms with Gasteiger partial charge in [-0.25, -0.2) is 0 Å². The average molecular weight is 222 g/mol. The van der Waals surface area contributed by atoms with E-state index in [4.69, 9.17) is 9.31 Å². The third-order valence-electron chi connectivity index (χ3n) is 5.38. The highest BCUT2D eigenvalue weighted by molar-refractivity contribution is 6.47. The van der Waals surface area contributed by atoms with E-state index in [1.807, 2.05) is 0 Å². The van der Waals surface area contributed by atoms with Gasteiger partial charge in [0.2, 0.25) is 0 Å². The van der Waals surface area contributed by atoms with E-state index in [9.17, 15) is 0 Å². The largest absolute Gasteiger partial charge is 0.460 e. The van der Waals surface area contributed by atoms with Crippen LogP contribution in [0.25, 0.3) is 0 Å². The van der Waals surface area contributed by atoms with Crippen LogP contribution in [0.1, 0.15) is 47.0 Å². The zero-order valence-corrected chi connectivity index (χ0v) is 10.9. The van der Waals surface area contributed by atoms with Crippen LogP contribution in [0.3, 0.4) is 0 Å². The second-order valence-electron chi connectivity index (χ2n) is 6.67. The summed E-state index contributed by atoms with van der Waals surface area (Å²) in [5.41, 5.74) is 0.0303. The maximum Gasteiger partial charge on any atom is 0.460 e. The highest BCUT2D eigenvalue weighted by Crippen LogP contribution is 2.57. The molecule has 3 saturated carbocycles. The molecule has 3 aliphatic carbocycles. The van der Waals surface area contributed by atoms with Crippen molar-refractivity contribution in [1.29, 1.82) is 0 Å². The van der Waals surface area contributed by atoms with Gasteiger partial charge in [0.05, 0.1) is 11.7 Å². The molecule has 0 aromatic carbocycles. The van der Waals surface area contributed by atoms with E-state index in [0.29, 0.717) is 17.8 Å². The first-order valence-corrected chi connectivity index (χ1v) is 6.84. The summed E-state index contributed by atoms with van der Waals surface area (Å²) in [5, 5.41) is 0. The fraction of sp³-hybridized carbons (Fsp3) is 1.00. The number of rotatable bonds is 2. The minimum absolute atomic E-state index is 0.0303. The molecular weight excluding hydrogens is 199 g/mol. The van der Waals surface area contributed by atoms with Gasteiger partial charge in [0.15, 0.2) is 0 Å². The molecule has 2 nitrogen and oxygen atoms in total. The summed E-state index contributed by atoms with van der Waals surface area (Å²) in [6, 6.07) is 0. The second kappa shape index (κ2) is 3.49. The summed E-state index contributed by atoms with van der Waals surface area (Å²) >= 11 is 0. The van der Waals surface area contributed by atoms with E-state index < -0.39 is 0 Å². The van der Waals surface area contributed by atoms with Crippen molar-refractivity contribution in [1.82, 2.24) is 0 Å². The maximum atomic E-state index is 6.30. The molecule has 1 saturated heterocycles. The van der Waals surface area contributed by atoms with Crippen LogP contribution in [0.15, 0.2) is 0 Å². The Hall–Kier alpha value is -0.0151. The Balaban J connectivity index is 1.75. The molecule has 4 aliphatic rings. The predicted molar refractivity (Wildman–Crippen MR) is 65.2 cm³/mol. The topological polar surface area (TPSA) is 18.5 Å². The Morgan fingerprint density at radius 3 is 2.44 bits per heavy atom. The van der Waals surface area contributed by atoms with E-state index in [1.54, 1.807) is 0 Å². The fourth-order valence-electron chi connectivity index (χ4n) is 3.54. The zero-order valence-electron chi connectivity index (χ0n) is 10.9. The van der Waals surface area contributed by atoms with Crippen molar-refractivity contribution in [2.45, 2.75) is 64.5 Å². The van der Waals surface area contributed by atoms with Crippen molar-refractivity contribution in [3.63, 3.8) is 0 Å². The lowest BCUT2D eigenvalue weighted by molar-refractivity contribution is -0.114. The molecule has 0 aromatic rings. The van der Waals surface area contributed by atoms with Gasteiger partial charge in [0.25, 0.3) is 0 Å². The molecule has 90 valence electrons. The Labute approximate surface area is 99.2 Å². The minimum atomic E-state index is 0.0303. The Bertz CT molecular complexity index is 288. The van der Waals surface area contributed by atoms with E-state index >= 15 is 0 Å². The zero-order chi connectivity index (χ0) is 11.5. The van der Waals surface area contributed by atoms with Crippen molar-refractivity contribution in [2.24, 2.45) is 17.8 Å². The maximum absolute atomic E-state index is 6.30. The van der Waals surface area contributed by atoms with Crippen molar-refractivity contribution in [3.05, 3.63) is 0 Å². The van der Waals surface area contributed by atoms with E-state index in [-0.39, 0.29) is 12.7 Å². The lowest BCUT2D eigenvalue weighted by Gasteiger charge is -2.53. The molecule has 1 heterocycles. The minimum Gasteiger partial charge on any atom is -0.405 e. The van der Waals surface area contributed by atoms with Crippen LogP contribution < -0.4 is 0 Å². The summed E-state index contributed by atoms with van der Waals surface area (Å²) in [5.74, 6) is 2.82. The fourth-order valence-corrected chi connectivity index (χ4v) is 3.54. The van der Waals surface area contributed by atoms with E-state index in [0.717, 1.165) is 11.8 Å². The number of hydrogen-bond acceptors (Lipinski definition) is 2. The molecule has 3 heteroatoms. The Kier molecular flexibility index (Phi) is 2.42. The first kappa shape index (κ1) is 11.1. The summed E-state index contributed by atoms with van der Waals surface area (Å²) in [6.45, 7) is 9.04. The van der Waals surface area contributed by atoms with Crippen molar-refractivity contribution >= 4 is 7.12 Å². The molecule has 0 N–H and O–H groups in total. The SMILES string of the molecule is CC(C)[C@@H](C)B1O[C@@H]2CC3CC(C3)[C@]2(C)O1. The first-order valence-electron chi connectivity index (χ1n) is 6.84. The molecule has 0 amide bonds. The molecule has 4 fully saturated rings. The Morgan fingerprint density at radius 1 is 1.19 bits per heavy atom. The van der Waals surface area contributed by atoms with Crippen LogP contribution in [0, 0.1) is 17.8 Å². The predicted octanol–water partition coefficient (Wildman–Crippen LogP) is 3.12. The molecule has 0 radical (unpaired) electrons. The first-order chi connectivity index (χ1) is 7.50. The molecule has 0 aromatic heterocycles. The van der Waals surface area contributed by atoms with Gasteiger partial charge in [0.1, 0.15) is 0 Å². The van der Waals surface area contributed by atoms with Gasteiger partial charge in [-0.1, -0.05) is 20.8 Å². The van der Waals surface area contributed by atoms with Crippen LogP contribution in [0.4, 0.5) is 0 Å². The van der Waals surface area contributed by atoms with Crippen molar-refractivity contribution < 1.29 is 9.31 Å². The highest BCUT2D eigenvalue weighted by atomic mass is 16.7. The van der Waals surface area contributed by atoms with Crippen LogP contribution in [-0.4, -0.2) is 18.8 Å². The lowest BCUT2D eigenvalue weighted by Crippen LogP contribution is -2.56. The molecule has 4 rings (SSSR count). The molecule has 2 bridgehead atoms. The van der Waals surface area contributed by atoms with Crippen LogP contribution in [-0.2, 0) is 9.31 Å². The molecular formula is C13H23BO2. The third-order valence-corrected chi connectivity index (χ3v) is 5.38. The van der Waals surface area contributed by atoms with Crippen molar-refractivity contribution in [2.75, 3.05) is 0 Å². The normalized spacial score (nSPS) is 47.8. The monoisotopic (exact) mass is 222 g/mol. The average Bonchev–Trinajstić information content (AvgIpc) is 2.51. The molecule has 3 atom stereocenters. The van der Waals surface area contributed by atoms with E-state index in [2.05, 4.69) is 27.7 Å². The summed E-state index contributed by atoms with van der Waals surface area (Å²) in [4.78, 5) is 0. The van der Waals surface area contributed by atoms with Crippen LogP contribution in [0.5, 0.6) is 0 Å². The van der Waals surface area contributed by atoms with Gasteiger partial charge in [-0.3, -0.25) is 0 Å². The summed E-state index contributed by atoms with van der Waals surface area (Å²) in [6.07, 6.45) is 4.35. The third kappa shape index (κ3) is 1.40. The van der Waals surface area contributed by atoms with E-state index in [1.165, 1.54) is 19.3 Å². The standard InChI is InChI=1S/C13H23BO2/c1-8(2)9(3)14-15-12-7-10-5-11(6-10)13(12,4)16-14/h8-12H,5-7H2,1-4H3/t9-,10?,11?,12-,13+/m1/s1. The molecule has 16 heavy (non-hydrogen) atoms. The molecule has 1 aliphatic heterocycles. The van der Waals surface area contributed by atoms with Gasteiger partial charge < -0.3 is 9.31 Å². The number of hydrogen-bond donors (Lipinski definition) is 0. The Morgan fingerprint density at radius 2 is 1.88 bits per heavy atom.